The van der Waals surface area contributed by atoms with Gasteiger partial charge in [-0.2, -0.15) is 5.10 Å². The average Bonchev–Trinajstić information content (AvgIpc) is 2.55. The Morgan fingerprint density at radius 1 is 1.75 bits per heavy atom. The summed E-state index contributed by atoms with van der Waals surface area (Å²) in [5.74, 6) is -0.0705. The van der Waals surface area contributed by atoms with Crippen LogP contribution in [0.5, 0.6) is 0 Å². The summed E-state index contributed by atoms with van der Waals surface area (Å²) in [6.45, 7) is 1.79. The number of hydrogen-bond acceptors (Lipinski definition) is 3. The average molecular weight is 168 g/mol. The Hall–Kier alpha value is -1.36. The van der Waals surface area contributed by atoms with Crippen molar-refractivity contribution in [2.24, 2.45) is 0 Å². The van der Waals surface area contributed by atoms with Gasteiger partial charge < -0.3 is 10.6 Å². The largest absolute Gasteiger partial charge is 0.322 e. The standard InChI is InChI=1S/C7H12N4O/c1-5(8-2)7(12)11-6-3-9-10-4-6/h3-5,8H,1-2H3,(H,9,10)(H,11,12)/t5-/m0/s1. The summed E-state index contributed by atoms with van der Waals surface area (Å²) >= 11 is 0. The SMILES string of the molecule is CN[C@@H](C)C(=O)Nc1cn[nH]c1. The minimum Gasteiger partial charge on any atom is -0.322 e. The molecular weight excluding hydrogens is 156 g/mol. The molecule has 12 heavy (non-hydrogen) atoms. The van der Waals surface area contributed by atoms with Gasteiger partial charge in [0.2, 0.25) is 5.91 Å². The fraction of sp³-hybridized carbons (Fsp3) is 0.429. The molecule has 1 aromatic heterocycles. The van der Waals surface area contributed by atoms with Gasteiger partial charge in [0, 0.05) is 6.20 Å². The zero-order valence-electron chi connectivity index (χ0n) is 7.09. The van der Waals surface area contributed by atoms with Crippen molar-refractivity contribution >= 4 is 11.6 Å². The number of aromatic amines is 1. The predicted octanol–water partition coefficient (Wildman–Crippen LogP) is -0.0439. The lowest BCUT2D eigenvalue weighted by molar-refractivity contribution is -0.117. The fourth-order valence-electron chi connectivity index (χ4n) is 0.701. The van der Waals surface area contributed by atoms with Gasteiger partial charge in [-0.25, -0.2) is 0 Å². The van der Waals surface area contributed by atoms with Crippen LogP contribution in [0.15, 0.2) is 12.4 Å². The van der Waals surface area contributed by atoms with Gasteiger partial charge in [-0.05, 0) is 14.0 Å². The van der Waals surface area contributed by atoms with Crippen molar-refractivity contribution in [1.82, 2.24) is 15.5 Å². The summed E-state index contributed by atoms with van der Waals surface area (Å²) in [7, 11) is 1.74. The molecule has 1 amide bonds. The molecule has 0 unspecified atom stereocenters. The number of amides is 1. The normalized spacial score (nSPS) is 12.5. The van der Waals surface area contributed by atoms with E-state index in [0.29, 0.717) is 5.69 Å². The van der Waals surface area contributed by atoms with E-state index in [2.05, 4.69) is 20.8 Å². The third-order valence-corrected chi connectivity index (χ3v) is 1.59. The lowest BCUT2D eigenvalue weighted by atomic mass is 10.3. The maximum Gasteiger partial charge on any atom is 0.241 e. The molecule has 5 nitrogen and oxygen atoms in total. The van der Waals surface area contributed by atoms with Gasteiger partial charge >= 0.3 is 0 Å². The van der Waals surface area contributed by atoms with E-state index in [1.165, 1.54) is 0 Å². The van der Waals surface area contributed by atoms with E-state index in [1.807, 2.05) is 0 Å². The molecule has 5 heteroatoms. The number of nitrogens with one attached hydrogen (secondary N) is 3. The van der Waals surface area contributed by atoms with Gasteiger partial charge in [-0.1, -0.05) is 0 Å². The second kappa shape index (κ2) is 3.87. The van der Waals surface area contributed by atoms with Gasteiger partial charge in [0.05, 0.1) is 17.9 Å². The molecule has 0 fully saturated rings. The van der Waals surface area contributed by atoms with Gasteiger partial charge in [-0.15, -0.1) is 0 Å². The second-order valence-electron chi connectivity index (χ2n) is 2.49. The van der Waals surface area contributed by atoms with Crippen LogP contribution < -0.4 is 10.6 Å². The highest BCUT2D eigenvalue weighted by molar-refractivity contribution is 5.94. The minimum atomic E-state index is -0.195. The maximum atomic E-state index is 11.2. The minimum absolute atomic E-state index is 0.0705. The Kier molecular flexibility index (Phi) is 2.82. The second-order valence-corrected chi connectivity index (χ2v) is 2.49. The lowest BCUT2D eigenvalue weighted by Gasteiger charge is -2.08. The van der Waals surface area contributed by atoms with Crippen molar-refractivity contribution in [3.8, 4) is 0 Å². The summed E-state index contributed by atoms with van der Waals surface area (Å²) in [6.07, 6.45) is 3.18. The molecule has 0 aliphatic heterocycles. The quantitative estimate of drug-likeness (QED) is 0.593. The van der Waals surface area contributed by atoms with Crippen molar-refractivity contribution in [2.45, 2.75) is 13.0 Å². The highest BCUT2D eigenvalue weighted by atomic mass is 16.2. The van der Waals surface area contributed by atoms with Gasteiger partial charge in [0.15, 0.2) is 0 Å². The molecule has 1 aromatic rings. The third-order valence-electron chi connectivity index (χ3n) is 1.59. The van der Waals surface area contributed by atoms with Crippen LogP contribution in [0, 0.1) is 0 Å². The Labute approximate surface area is 70.5 Å². The van der Waals surface area contributed by atoms with Crippen LogP contribution in [0.4, 0.5) is 5.69 Å². The van der Waals surface area contributed by atoms with E-state index in [-0.39, 0.29) is 11.9 Å². The van der Waals surface area contributed by atoms with Crippen LogP contribution in [-0.2, 0) is 4.79 Å². The Balaban J connectivity index is 2.47. The molecule has 0 aromatic carbocycles. The maximum absolute atomic E-state index is 11.2. The van der Waals surface area contributed by atoms with Crippen molar-refractivity contribution in [3.63, 3.8) is 0 Å². The number of likely N-dealkylation sites (N-methyl/N-ethyl adjacent to an activating group) is 1. The monoisotopic (exact) mass is 168 g/mol. The predicted molar refractivity (Wildman–Crippen MR) is 45.7 cm³/mol. The summed E-state index contributed by atoms with van der Waals surface area (Å²) < 4.78 is 0. The summed E-state index contributed by atoms with van der Waals surface area (Å²) in [5.41, 5.74) is 0.683. The van der Waals surface area contributed by atoms with E-state index in [1.54, 1.807) is 26.4 Å². The van der Waals surface area contributed by atoms with Crippen molar-refractivity contribution in [1.29, 1.82) is 0 Å². The number of rotatable bonds is 3. The molecule has 3 N–H and O–H groups in total. The summed E-state index contributed by atoms with van der Waals surface area (Å²) in [5, 5.41) is 11.8. The number of carbonyl (C=O) groups excluding carboxylic acids is 1. The number of nitrogens with zero attached hydrogens (tertiary/aromatic N) is 1. The van der Waals surface area contributed by atoms with Crippen LogP contribution in [0.2, 0.25) is 0 Å². The van der Waals surface area contributed by atoms with E-state index < -0.39 is 0 Å². The van der Waals surface area contributed by atoms with E-state index in [4.69, 9.17) is 0 Å². The first kappa shape index (κ1) is 8.73. The number of H-pyrrole nitrogens is 1. The highest BCUT2D eigenvalue weighted by Gasteiger charge is 2.09. The van der Waals surface area contributed by atoms with E-state index in [0.717, 1.165) is 0 Å². The molecule has 0 spiro atoms. The van der Waals surface area contributed by atoms with Gasteiger partial charge in [-0.3, -0.25) is 9.89 Å². The van der Waals surface area contributed by atoms with Crippen LogP contribution >= 0.6 is 0 Å². The van der Waals surface area contributed by atoms with Crippen LogP contribution in [-0.4, -0.2) is 29.2 Å². The van der Waals surface area contributed by atoms with E-state index >= 15 is 0 Å². The third kappa shape index (κ3) is 2.06. The molecule has 1 atom stereocenters. The topological polar surface area (TPSA) is 69.8 Å². The van der Waals surface area contributed by atoms with Gasteiger partial charge in [0.1, 0.15) is 0 Å². The smallest absolute Gasteiger partial charge is 0.241 e. The molecule has 0 radical (unpaired) electrons. The summed E-state index contributed by atoms with van der Waals surface area (Å²) in [4.78, 5) is 11.2. The number of aromatic nitrogens is 2. The fourth-order valence-corrected chi connectivity index (χ4v) is 0.701. The van der Waals surface area contributed by atoms with Crippen molar-refractivity contribution in [2.75, 3.05) is 12.4 Å². The highest BCUT2D eigenvalue weighted by Crippen LogP contribution is 2.01. The zero-order valence-corrected chi connectivity index (χ0v) is 7.09. The van der Waals surface area contributed by atoms with Crippen LogP contribution in [0.3, 0.4) is 0 Å². The van der Waals surface area contributed by atoms with E-state index in [9.17, 15) is 4.79 Å². The zero-order chi connectivity index (χ0) is 8.97. The molecule has 66 valence electrons. The molecule has 0 bridgehead atoms. The molecule has 1 rings (SSSR count). The first-order valence-corrected chi connectivity index (χ1v) is 3.71. The molecule has 0 aliphatic rings. The van der Waals surface area contributed by atoms with Crippen LogP contribution in [0.25, 0.3) is 0 Å². The van der Waals surface area contributed by atoms with Crippen LogP contribution in [0.1, 0.15) is 6.92 Å². The number of hydrogen-bond donors (Lipinski definition) is 3. The Morgan fingerprint density at radius 2 is 2.50 bits per heavy atom. The molecule has 0 saturated carbocycles. The first-order chi connectivity index (χ1) is 5.74. The van der Waals surface area contributed by atoms with Crippen molar-refractivity contribution in [3.05, 3.63) is 12.4 Å². The number of carbonyl (C=O) groups is 1. The molecule has 0 saturated heterocycles. The van der Waals surface area contributed by atoms with Crippen molar-refractivity contribution < 1.29 is 4.79 Å². The molecule has 0 aliphatic carbocycles. The summed E-state index contributed by atoms with van der Waals surface area (Å²) in [6, 6.07) is -0.195. The first-order valence-electron chi connectivity index (χ1n) is 3.71. The Morgan fingerprint density at radius 3 is 3.00 bits per heavy atom. The molecule has 1 heterocycles. The van der Waals surface area contributed by atoms with Gasteiger partial charge in [0.25, 0.3) is 0 Å². The Bertz CT molecular complexity index is 244. The molecular formula is C7H12N4O. The lowest BCUT2D eigenvalue weighted by Crippen LogP contribution is -2.35. The number of anilines is 1.